The van der Waals surface area contributed by atoms with E-state index in [0.29, 0.717) is 0 Å². The number of rotatable bonds is 2. The first-order valence-corrected chi connectivity index (χ1v) is 9.49. The highest BCUT2D eigenvalue weighted by Crippen LogP contribution is 2.10. The molecule has 158 valence electrons. The van der Waals surface area contributed by atoms with E-state index >= 15 is 0 Å². The van der Waals surface area contributed by atoms with Crippen LogP contribution >= 0.6 is 0 Å². The minimum atomic E-state index is -0.536. The maximum Gasteiger partial charge on any atom is 0.408 e. The molecule has 1 aliphatic rings. The Morgan fingerprint density at radius 2 is 1.26 bits per heavy atom. The molecule has 0 bridgehead atoms. The lowest BCUT2D eigenvalue weighted by Crippen LogP contribution is -2.42. The summed E-state index contributed by atoms with van der Waals surface area (Å²) in [6.07, 6.45) is 3.55. The first-order chi connectivity index (χ1) is 12.3. The van der Waals surface area contributed by atoms with E-state index in [1.165, 1.54) is 19.9 Å². The molecule has 0 unspecified atom stereocenters. The summed E-state index contributed by atoms with van der Waals surface area (Å²) >= 11 is 0. The van der Waals surface area contributed by atoms with Crippen LogP contribution in [0.1, 0.15) is 67.2 Å². The van der Waals surface area contributed by atoms with Gasteiger partial charge >= 0.3 is 12.2 Å². The number of carbonyl (C=O) groups excluding carboxylic acids is 3. The number of amides is 3. The van der Waals surface area contributed by atoms with Crippen molar-refractivity contribution in [3.05, 3.63) is 0 Å². The van der Waals surface area contributed by atoms with Crippen LogP contribution in [0, 0.1) is 0 Å². The fourth-order valence-electron chi connectivity index (χ4n) is 2.22. The Morgan fingerprint density at radius 3 is 1.63 bits per heavy atom. The second-order valence-corrected chi connectivity index (χ2v) is 8.40. The number of ether oxygens (including phenoxy) is 2. The van der Waals surface area contributed by atoms with Crippen molar-refractivity contribution in [2.24, 2.45) is 0 Å². The van der Waals surface area contributed by atoms with Gasteiger partial charge in [0.2, 0.25) is 5.91 Å². The monoisotopic (exact) mass is 387 g/mol. The third-order valence-corrected chi connectivity index (χ3v) is 3.34. The first kappa shape index (κ1) is 25.0. The summed E-state index contributed by atoms with van der Waals surface area (Å²) < 4.78 is 9.92. The lowest BCUT2D eigenvalue weighted by atomic mass is 10.2. The predicted octanol–water partition coefficient (Wildman–Crippen LogP) is 3.05. The number of alkyl carbamates (subject to hydrolysis) is 2. The van der Waals surface area contributed by atoms with Crippen LogP contribution in [-0.4, -0.2) is 60.9 Å². The fourth-order valence-corrected chi connectivity index (χ4v) is 2.22. The van der Waals surface area contributed by atoms with E-state index < -0.39 is 11.7 Å². The molecule has 8 heteroatoms. The van der Waals surface area contributed by atoms with Crippen LogP contribution in [0.2, 0.25) is 0 Å². The average Bonchev–Trinajstić information content (AvgIpc) is 2.79. The van der Waals surface area contributed by atoms with Crippen molar-refractivity contribution in [1.29, 1.82) is 0 Å². The molecule has 0 aromatic rings. The van der Waals surface area contributed by atoms with E-state index in [1.807, 2.05) is 25.7 Å². The van der Waals surface area contributed by atoms with Gasteiger partial charge in [-0.1, -0.05) is 12.8 Å². The molecular formula is C19H37N3O5. The lowest BCUT2D eigenvalue weighted by molar-refractivity contribution is -0.130. The largest absolute Gasteiger partial charge is 0.444 e. The van der Waals surface area contributed by atoms with Gasteiger partial charge in [-0.25, -0.2) is 9.59 Å². The Hall–Kier alpha value is -1.99. The molecule has 0 saturated carbocycles. The molecule has 0 aromatic carbocycles. The van der Waals surface area contributed by atoms with Crippen LogP contribution in [-0.2, 0) is 14.3 Å². The summed E-state index contributed by atoms with van der Waals surface area (Å²) in [5.41, 5.74) is -0.921. The van der Waals surface area contributed by atoms with E-state index in [2.05, 4.69) is 10.6 Å². The van der Waals surface area contributed by atoms with Crippen LogP contribution in [0.3, 0.4) is 0 Å². The molecule has 8 nitrogen and oxygen atoms in total. The standard InChI is InChI=1S/C13H24N2O3.C6H13NO2/c1-13(2,3)18-12(17)14-10-11(16)15-8-6-4-5-7-9-15;1-6(2,3)9-5(8)7-4/h4-10H2,1-3H3,(H,14,17);1-4H3,(H,7,8). The molecular weight excluding hydrogens is 350 g/mol. The molecule has 2 N–H and O–H groups in total. The zero-order valence-electron chi connectivity index (χ0n) is 17.9. The normalized spacial score (nSPS) is 14.9. The van der Waals surface area contributed by atoms with Crippen molar-refractivity contribution in [2.45, 2.75) is 78.4 Å². The van der Waals surface area contributed by atoms with E-state index in [-0.39, 0.29) is 24.1 Å². The summed E-state index contributed by atoms with van der Waals surface area (Å²) in [5, 5.41) is 4.86. The van der Waals surface area contributed by atoms with E-state index in [1.54, 1.807) is 20.8 Å². The molecule has 1 aliphatic heterocycles. The van der Waals surface area contributed by atoms with Gasteiger partial charge in [0.25, 0.3) is 0 Å². The SMILES string of the molecule is CC(C)(C)OC(=O)NCC(=O)N1CCCCCC1.CNC(=O)OC(C)(C)C. The van der Waals surface area contributed by atoms with E-state index in [9.17, 15) is 14.4 Å². The molecule has 0 radical (unpaired) electrons. The Bertz CT molecular complexity index is 473. The number of nitrogens with zero attached hydrogens (tertiary/aromatic N) is 1. The predicted molar refractivity (Wildman–Crippen MR) is 105 cm³/mol. The second-order valence-electron chi connectivity index (χ2n) is 8.40. The molecule has 1 fully saturated rings. The van der Waals surface area contributed by atoms with Crippen LogP contribution in [0.5, 0.6) is 0 Å². The van der Waals surface area contributed by atoms with Gasteiger partial charge in [-0.2, -0.15) is 0 Å². The molecule has 0 aromatic heterocycles. The Labute approximate surface area is 163 Å². The zero-order chi connectivity index (χ0) is 21.1. The summed E-state index contributed by atoms with van der Waals surface area (Å²) in [4.78, 5) is 35.6. The van der Waals surface area contributed by atoms with Gasteiger partial charge in [0, 0.05) is 20.1 Å². The van der Waals surface area contributed by atoms with Gasteiger partial charge < -0.3 is 25.0 Å². The van der Waals surface area contributed by atoms with Gasteiger partial charge in [-0.3, -0.25) is 4.79 Å². The number of hydrogen-bond donors (Lipinski definition) is 2. The molecule has 0 atom stereocenters. The van der Waals surface area contributed by atoms with E-state index in [0.717, 1.165) is 25.9 Å². The summed E-state index contributed by atoms with van der Waals surface area (Å²) in [5.74, 6) is -0.0252. The van der Waals surface area contributed by atoms with Crippen molar-refractivity contribution in [2.75, 3.05) is 26.7 Å². The van der Waals surface area contributed by atoms with Crippen molar-refractivity contribution >= 4 is 18.1 Å². The average molecular weight is 388 g/mol. The smallest absolute Gasteiger partial charge is 0.408 e. The Balaban J connectivity index is 0.000000636. The van der Waals surface area contributed by atoms with Gasteiger partial charge in [0.15, 0.2) is 0 Å². The molecule has 1 heterocycles. The molecule has 1 saturated heterocycles. The highest BCUT2D eigenvalue weighted by atomic mass is 16.6. The third kappa shape index (κ3) is 14.8. The highest BCUT2D eigenvalue weighted by Gasteiger charge is 2.19. The molecule has 1 rings (SSSR count). The number of carbonyl (C=O) groups is 3. The summed E-state index contributed by atoms with van der Waals surface area (Å²) in [6, 6.07) is 0. The van der Waals surface area contributed by atoms with Gasteiger partial charge in [-0.05, 0) is 54.4 Å². The Morgan fingerprint density at radius 1 is 0.815 bits per heavy atom. The maximum atomic E-state index is 11.9. The van der Waals surface area contributed by atoms with Gasteiger partial charge in [0.05, 0.1) is 0 Å². The molecule has 0 spiro atoms. The number of hydrogen-bond acceptors (Lipinski definition) is 5. The summed E-state index contributed by atoms with van der Waals surface area (Å²) in [6.45, 7) is 12.5. The van der Waals surface area contributed by atoms with Crippen molar-refractivity contribution in [1.82, 2.24) is 15.5 Å². The van der Waals surface area contributed by atoms with Crippen molar-refractivity contribution in [3.8, 4) is 0 Å². The third-order valence-electron chi connectivity index (χ3n) is 3.34. The minimum Gasteiger partial charge on any atom is -0.444 e. The fraction of sp³-hybridized carbons (Fsp3) is 0.842. The molecule has 3 amide bonds. The van der Waals surface area contributed by atoms with Crippen LogP contribution < -0.4 is 10.6 Å². The van der Waals surface area contributed by atoms with Gasteiger partial charge in [-0.15, -0.1) is 0 Å². The number of likely N-dealkylation sites (tertiary alicyclic amines) is 1. The minimum absolute atomic E-state index is 0.0227. The topological polar surface area (TPSA) is 97.0 Å². The molecule has 0 aliphatic carbocycles. The van der Waals surface area contributed by atoms with Gasteiger partial charge in [0.1, 0.15) is 17.7 Å². The second kappa shape index (κ2) is 11.7. The summed E-state index contributed by atoms with van der Waals surface area (Å²) in [7, 11) is 1.54. The highest BCUT2D eigenvalue weighted by molar-refractivity contribution is 5.82. The zero-order valence-corrected chi connectivity index (χ0v) is 17.9. The maximum absolute atomic E-state index is 11.9. The first-order valence-electron chi connectivity index (χ1n) is 9.49. The van der Waals surface area contributed by atoms with Crippen LogP contribution in [0.15, 0.2) is 0 Å². The molecule has 27 heavy (non-hydrogen) atoms. The van der Waals surface area contributed by atoms with Crippen LogP contribution in [0.4, 0.5) is 9.59 Å². The van der Waals surface area contributed by atoms with Crippen molar-refractivity contribution < 1.29 is 23.9 Å². The Kier molecular flexibility index (Phi) is 10.8. The van der Waals surface area contributed by atoms with E-state index in [4.69, 9.17) is 9.47 Å². The number of nitrogens with one attached hydrogen (secondary N) is 2. The van der Waals surface area contributed by atoms with Crippen LogP contribution in [0.25, 0.3) is 0 Å². The lowest BCUT2D eigenvalue weighted by Gasteiger charge is -2.22. The quantitative estimate of drug-likeness (QED) is 0.759. The van der Waals surface area contributed by atoms with Crippen molar-refractivity contribution in [3.63, 3.8) is 0 Å².